The lowest BCUT2D eigenvalue weighted by Gasteiger charge is -2.15. The molecule has 0 atom stereocenters. The number of nitrogens with zero attached hydrogens (tertiary/aromatic N) is 2. The molecule has 3 heterocycles. The van der Waals surface area contributed by atoms with Crippen LogP contribution in [0.3, 0.4) is 0 Å². The van der Waals surface area contributed by atoms with Gasteiger partial charge >= 0.3 is 0 Å². The molecule has 9 nitrogen and oxygen atoms in total. The molecule has 11 heteroatoms. The normalized spacial score (nSPS) is 11.2. The number of furan rings is 1. The highest BCUT2D eigenvalue weighted by Gasteiger charge is 2.33. The van der Waals surface area contributed by atoms with Gasteiger partial charge in [-0.3, -0.25) is 9.36 Å². The number of hydrogen-bond acceptors (Lipinski definition) is 9. The number of carbonyl (C=O) groups excluding carboxylic acids is 1. The van der Waals surface area contributed by atoms with Crippen LogP contribution in [-0.2, 0) is 0 Å². The predicted octanol–water partition coefficient (Wildman–Crippen LogP) is 5.46. The number of carbonyl (C=O) groups is 1. The van der Waals surface area contributed by atoms with Crippen LogP contribution in [0.15, 0.2) is 46.9 Å². The number of halogens is 1. The Balaban J connectivity index is 1.86. The van der Waals surface area contributed by atoms with E-state index in [1.807, 2.05) is 0 Å². The van der Waals surface area contributed by atoms with Crippen molar-refractivity contribution in [2.24, 2.45) is 0 Å². The Hall–Kier alpha value is -4.51. The number of aromatic nitrogens is 2. The van der Waals surface area contributed by atoms with Crippen LogP contribution in [0.25, 0.3) is 26.6 Å². The summed E-state index contributed by atoms with van der Waals surface area (Å²) in [6.45, 7) is 1.68. The van der Waals surface area contributed by atoms with E-state index in [1.54, 1.807) is 25.1 Å². The van der Waals surface area contributed by atoms with Crippen molar-refractivity contribution in [3.8, 4) is 45.3 Å². The number of ether oxygens (including phenoxy) is 3. The number of fused-ring (bicyclic) bond motifs is 1. The van der Waals surface area contributed by atoms with Crippen molar-refractivity contribution < 1.29 is 38.0 Å². The predicted molar refractivity (Wildman–Crippen MR) is 134 cm³/mol. The molecule has 0 bridgehead atoms. The molecule has 0 amide bonds. The van der Waals surface area contributed by atoms with Crippen molar-refractivity contribution in [1.82, 2.24) is 9.55 Å². The van der Waals surface area contributed by atoms with E-state index in [2.05, 4.69) is 4.98 Å². The number of aryl methyl sites for hydroxylation is 1. The van der Waals surface area contributed by atoms with Gasteiger partial charge < -0.3 is 28.8 Å². The minimum Gasteiger partial charge on any atom is -0.503 e. The molecule has 0 saturated carbocycles. The molecule has 0 aliphatic heterocycles. The van der Waals surface area contributed by atoms with Gasteiger partial charge in [-0.05, 0) is 49.4 Å². The monoisotopic (exact) mass is 524 g/mol. The van der Waals surface area contributed by atoms with Crippen LogP contribution in [-0.4, -0.2) is 46.9 Å². The molecule has 37 heavy (non-hydrogen) atoms. The Morgan fingerprint density at radius 1 is 1.03 bits per heavy atom. The molecule has 2 aromatic carbocycles. The molecule has 0 unspecified atom stereocenters. The smallest absolute Gasteiger partial charge is 0.242 e. The Kier molecular flexibility index (Phi) is 6.00. The fourth-order valence-electron chi connectivity index (χ4n) is 4.10. The highest BCUT2D eigenvalue weighted by molar-refractivity contribution is 7.20. The van der Waals surface area contributed by atoms with Gasteiger partial charge in [0, 0.05) is 5.56 Å². The Bertz CT molecular complexity index is 1640. The summed E-state index contributed by atoms with van der Waals surface area (Å²) in [5.74, 6) is -1.09. The summed E-state index contributed by atoms with van der Waals surface area (Å²) in [4.78, 5) is 18.1. The third-order valence-corrected chi connectivity index (χ3v) is 6.78. The Morgan fingerprint density at radius 3 is 2.32 bits per heavy atom. The van der Waals surface area contributed by atoms with Crippen molar-refractivity contribution in [2.75, 3.05) is 21.3 Å². The highest BCUT2D eigenvalue weighted by Crippen LogP contribution is 2.48. The number of hydrogen-bond donors (Lipinski definition) is 2. The molecular weight excluding hydrogens is 503 g/mol. The van der Waals surface area contributed by atoms with E-state index in [4.69, 9.17) is 18.6 Å². The summed E-state index contributed by atoms with van der Waals surface area (Å²) in [7, 11) is 4.33. The molecule has 0 saturated heterocycles. The van der Waals surface area contributed by atoms with Gasteiger partial charge in [0.15, 0.2) is 28.1 Å². The maximum absolute atomic E-state index is 13.9. The SMILES string of the molecule is COc1cc(-c2c(C(=O)c3ccc(C)o3)c(O)c(O)n2-c2nc3ccc(F)cc3s2)cc(OC)c1OC. The molecule has 0 radical (unpaired) electrons. The molecule has 0 aliphatic carbocycles. The van der Waals surface area contributed by atoms with Gasteiger partial charge in [-0.2, -0.15) is 0 Å². The lowest BCUT2D eigenvalue weighted by Crippen LogP contribution is -2.05. The van der Waals surface area contributed by atoms with E-state index in [9.17, 15) is 19.4 Å². The van der Waals surface area contributed by atoms with Gasteiger partial charge in [0.2, 0.25) is 17.4 Å². The maximum Gasteiger partial charge on any atom is 0.242 e. The average Bonchev–Trinajstić information content (AvgIpc) is 3.58. The molecular formula is C26H21FN2O7S. The standard InChI is InChI=1S/C26H21FN2O7S/c1-12-5-8-16(36-12)22(30)20-21(13-9-17(33-2)24(35-4)18(10-13)34-3)29(25(32)23(20)31)26-28-15-7-6-14(27)11-19(15)37-26/h5-11,31-32H,1-4H3. The van der Waals surface area contributed by atoms with Crippen molar-refractivity contribution in [2.45, 2.75) is 6.92 Å². The van der Waals surface area contributed by atoms with E-state index in [-0.39, 0.29) is 33.6 Å². The van der Waals surface area contributed by atoms with E-state index in [0.29, 0.717) is 27.3 Å². The minimum atomic E-state index is -0.673. The van der Waals surface area contributed by atoms with Crippen molar-refractivity contribution >= 4 is 27.3 Å². The second-order valence-corrected chi connectivity index (χ2v) is 9.00. The summed E-state index contributed by atoms with van der Waals surface area (Å²) in [5.41, 5.74) is 0.668. The van der Waals surface area contributed by atoms with Crippen molar-refractivity contribution in [3.63, 3.8) is 0 Å². The third-order valence-electron chi connectivity index (χ3n) is 5.78. The van der Waals surface area contributed by atoms with E-state index < -0.39 is 23.2 Å². The number of ketones is 1. The van der Waals surface area contributed by atoms with E-state index >= 15 is 0 Å². The fourth-order valence-corrected chi connectivity index (χ4v) is 5.10. The quantitative estimate of drug-likeness (QED) is 0.270. The lowest BCUT2D eigenvalue weighted by molar-refractivity contribution is 0.101. The molecule has 5 rings (SSSR count). The second kappa shape index (κ2) is 9.17. The van der Waals surface area contributed by atoms with E-state index in [1.165, 1.54) is 50.2 Å². The van der Waals surface area contributed by atoms with Crippen LogP contribution in [0, 0.1) is 12.7 Å². The molecule has 5 aromatic rings. The van der Waals surface area contributed by atoms with Gasteiger partial charge in [0.05, 0.1) is 42.8 Å². The van der Waals surface area contributed by atoms with Gasteiger partial charge in [-0.15, -0.1) is 0 Å². The maximum atomic E-state index is 13.9. The largest absolute Gasteiger partial charge is 0.503 e. The Labute approximate surface area is 213 Å². The third kappa shape index (κ3) is 3.93. The zero-order valence-corrected chi connectivity index (χ0v) is 21.0. The summed E-state index contributed by atoms with van der Waals surface area (Å²) >= 11 is 1.07. The summed E-state index contributed by atoms with van der Waals surface area (Å²) in [5, 5.41) is 22.3. The number of methoxy groups -OCH3 is 3. The first-order valence-electron chi connectivity index (χ1n) is 10.9. The lowest BCUT2D eigenvalue weighted by atomic mass is 10.0. The molecule has 2 N–H and O–H groups in total. The van der Waals surface area contributed by atoms with E-state index in [0.717, 1.165) is 11.3 Å². The van der Waals surface area contributed by atoms with Crippen LogP contribution in [0.5, 0.6) is 28.9 Å². The van der Waals surface area contributed by atoms with Crippen LogP contribution in [0.1, 0.15) is 21.9 Å². The molecule has 0 spiro atoms. The summed E-state index contributed by atoms with van der Waals surface area (Å²) in [6, 6.07) is 10.3. The first-order chi connectivity index (χ1) is 17.8. The summed E-state index contributed by atoms with van der Waals surface area (Å²) < 4.78 is 37.5. The van der Waals surface area contributed by atoms with Gasteiger partial charge in [-0.25, -0.2) is 9.37 Å². The van der Waals surface area contributed by atoms with Gasteiger partial charge in [0.1, 0.15) is 11.6 Å². The molecule has 190 valence electrons. The fraction of sp³-hybridized carbons (Fsp3) is 0.154. The van der Waals surface area contributed by atoms with Gasteiger partial charge in [0.25, 0.3) is 0 Å². The zero-order chi connectivity index (χ0) is 26.4. The average molecular weight is 525 g/mol. The number of thiazole rings is 1. The van der Waals surface area contributed by atoms with Crippen LogP contribution in [0.4, 0.5) is 4.39 Å². The van der Waals surface area contributed by atoms with Crippen LogP contribution < -0.4 is 14.2 Å². The van der Waals surface area contributed by atoms with Crippen molar-refractivity contribution in [1.29, 1.82) is 0 Å². The second-order valence-electron chi connectivity index (χ2n) is 7.99. The zero-order valence-electron chi connectivity index (χ0n) is 20.2. The molecule has 0 fully saturated rings. The number of benzene rings is 2. The highest BCUT2D eigenvalue weighted by atomic mass is 32.1. The molecule has 3 aromatic heterocycles. The summed E-state index contributed by atoms with van der Waals surface area (Å²) in [6.07, 6.45) is 0. The minimum absolute atomic E-state index is 0.0370. The Morgan fingerprint density at radius 2 is 1.73 bits per heavy atom. The van der Waals surface area contributed by atoms with Crippen LogP contribution >= 0.6 is 11.3 Å². The van der Waals surface area contributed by atoms with Crippen molar-refractivity contribution in [3.05, 3.63) is 65.4 Å². The number of aromatic hydroxyl groups is 2. The first-order valence-corrected chi connectivity index (χ1v) is 11.7. The first kappa shape index (κ1) is 24.2. The number of rotatable bonds is 7. The topological polar surface area (TPSA) is 116 Å². The van der Waals surface area contributed by atoms with Crippen LogP contribution in [0.2, 0.25) is 0 Å². The van der Waals surface area contributed by atoms with Gasteiger partial charge in [-0.1, -0.05) is 11.3 Å². The molecule has 0 aliphatic rings.